The molecule has 10 heteroatoms. The predicted molar refractivity (Wildman–Crippen MR) is 137 cm³/mol. The van der Waals surface area contributed by atoms with Gasteiger partial charge in [-0.2, -0.15) is 0 Å². The van der Waals surface area contributed by atoms with Gasteiger partial charge in [-0.15, -0.1) is 0 Å². The number of nitrogens with zero attached hydrogens (tertiary/aromatic N) is 4. The zero-order chi connectivity index (χ0) is 26.5. The number of aromatic nitrogens is 3. The molecule has 4 N–H and O–H groups in total. The van der Waals surface area contributed by atoms with Gasteiger partial charge < -0.3 is 25.5 Å². The first-order valence-corrected chi connectivity index (χ1v) is 12.2. The minimum atomic E-state index is -1.18. The Bertz CT molecular complexity index is 1290. The number of hydrogen-bond acceptors (Lipinski definition) is 8. The summed E-state index contributed by atoms with van der Waals surface area (Å²) in [5.41, 5.74) is 4.13. The van der Waals surface area contributed by atoms with Crippen molar-refractivity contribution in [2.75, 3.05) is 24.5 Å². The van der Waals surface area contributed by atoms with Crippen molar-refractivity contribution in [3.05, 3.63) is 64.9 Å². The summed E-state index contributed by atoms with van der Waals surface area (Å²) in [6, 6.07) is 10.1. The molecular formula is C27H31N5O5. The quantitative estimate of drug-likeness (QED) is 0.362. The Balaban J connectivity index is 1.37. The maximum atomic E-state index is 12.3. The summed E-state index contributed by atoms with van der Waals surface area (Å²) in [6.45, 7) is 4.70. The van der Waals surface area contributed by atoms with E-state index in [9.17, 15) is 19.8 Å². The van der Waals surface area contributed by atoms with E-state index in [1.165, 1.54) is 0 Å². The van der Waals surface area contributed by atoms with E-state index in [-0.39, 0.29) is 23.7 Å². The summed E-state index contributed by atoms with van der Waals surface area (Å²) in [5, 5.41) is 30.6. The Morgan fingerprint density at radius 1 is 1.08 bits per heavy atom. The average molecular weight is 506 g/mol. The first kappa shape index (κ1) is 26.0. The molecule has 1 fully saturated rings. The largest absolute Gasteiger partial charge is 0.504 e. The number of rotatable bonds is 8. The number of anilines is 1. The average Bonchev–Trinajstić information content (AvgIpc) is 2.89. The molecule has 0 radical (unpaired) electrons. The summed E-state index contributed by atoms with van der Waals surface area (Å²) in [4.78, 5) is 38.5. The molecule has 4 rings (SSSR count). The summed E-state index contributed by atoms with van der Waals surface area (Å²) in [5.74, 6) is -0.575. The van der Waals surface area contributed by atoms with E-state index >= 15 is 0 Å². The van der Waals surface area contributed by atoms with Crippen LogP contribution in [0.25, 0.3) is 11.1 Å². The maximum absolute atomic E-state index is 12.3. The number of carbonyl (C=O) groups excluding carboxylic acids is 1. The van der Waals surface area contributed by atoms with Crippen molar-refractivity contribution in [2.45, 2.75) is 39.7 Å². The molecule has 1 aliphatic rings. The van der Waals surface area contributed by atoms with E-state index in [0.717, 1.165) is 54.0 Å². The number of benzene rings is 1. The van der Waals surface area contributed by atoms with Gasteiger partial charge in [-0.05, 0) is 61.4 Å². The molecule has 1 saturated heterocycles. The molecule has 194 valence electrons. The molecule has 2 aromatic heterocycles. The van der Waals surface area contributed by atoms with Crippen LogP contribution in [0.5, 0.6) is 5.75 Å². The van der Waals surface area contributed by atoms with Crippen LogP contribution >= 0.6 is 0 Å². The minimum absolute atomic E-state index is 0.0288. The Morgan fingerprint density at radius 2 is 1.81 bits per heavy atom. The van der Waals surface area contributed by atoms with Gasteiger partial charge in [0, 0.05) is 31.3 Å². The molecule has 0 unspecified atom stereocenters. The third kappa shape index (κ3) is 6.21. The second-order valence-electron chi connectivity index (χ2n) is 9.34. The molecule has 0 saturated carbocycles. The predicted octanol–water partition coefficient (Wildman–Crippen LogP) is 2.63. The molecular weight excluding hydrogens is 474 g/mol. The van der Waals surface area contributed by atoms with Crippen LogP contribution in [-0.2, 0) is 17.8 Å². The van der Waals surface area contributed by atoms with Gasteiger partial charge in [0.25, 0.3) is 5.91 Å². The topological polar surface area (TPSA) is 149 Å². The number of hydrogen-bond donors (Lipinski definition) is 4. The van der Waals surface area contributed by atoms with Gasteiger partial charge >= 0.3 is 5.97 Å². The third-order valence-corrected chi connectivity index (χ3v) is 6.72. The first-order chi connectivity index (χ1) is 17.7. The monoisotopic (exact) mass is 505 g/mol. The highest BCUT2D eigenvalue weighted by molar-refractivity contribution is 5.96. The molecule has 1 aromatic carbocycles. The highest BCUT2D eigenvalue weighted by Crippen LogP contribution is 2.28. The van der Waals surface area contributed by atoms with Crippen LogP contribution in [0.4, 0.5) is 5.82 Å². The zero-order valence-corrected chi connectivity index (χ0v) is 20.9. The molecule has 0 aliphatic carbocycles. The number of aromatic hydroxyl groups is 1. The van der Waals surface area contributed by atoms with Gasteiger partial charge in [0.1, 0.15) is 18.2 Å². The zero-order valence-electron chi connectivity index (χ0n) is 20.9. The number of aliphatic hydroxyl groups excluding tert-OH is 1. The lowest BCUT2D eigenvalue weighted by atomic mass is 9.93. The number of piperidine rings is 1. The summed E-state index contributed by atoms with van der Waals surface area (Å²) >= 11 is 0. The fourth-order valence-electron chi connectivity index (χ4n) is 4.54. The summed E-state index contributed by atoms with van der Waals surface area (Å²) < 4.78 is 0. The Hall–Kier alpha value is -4.05. The number of amides is 1. The van der Waals surface area contributed by atoms with E-state index in [2.05, 4.69) is 37.3 Å². The van der Waals surface area contributed by atoms with Crippen LogP contribution in [-0.4, -0.2) is 61.8 Å². The van der Waals surface area contributed by atoms with E-state index in [0.29, 0.717) is 18.2 Å². The van der Waals surface area contributed by atoms with E-state index in [1.54, 1.807) is 6.92 Å². The summed E-state index contributed by atoms with van der Waals surface area (Å²) in [7, 11) is 0. The van der Waals surface area contributed by atoms with E-state index < -0.39 is 18.4 Å². The third-order valence-electron chi connectivity index (χ3n) is 6.72. The number of carboxylic acid groups (broad SMARTS) is 1. The van der Waals surface area contributed by atoms with Gasteiger partial charge in [-0.1, -0.05) is 18.2 Å². The number of nitrogens with one attached hydrogen (secondary N) is 1. The number of carbonyl (C=O) groups is 2. The van der Waals surface area contributed by atoms with Crippen LogP contribution < -0.4 is 10.2 Å². The molecule has 3 aromatic rings. The van der Waals surface area contributed by atoms with Crippen LogP contribution in [0.1, 0.15) is 46.0 Å². The van der Waals surface area contributed by atoms with Crippen LogP contribution in [0.2, 0.25) is 0 Å². The number of aryl methyl sites for hydroxylation is 2. The maximum Gasteiger partial charge on any atom is 0.322 e. The molecule has 0 spiro atoms. The Morgan fingerprint density at radius 3 is 2.43 bits per heavy atom. The number of carboxylic acids is 1. The Labute approximate surface area is 215 Å². The van der Waals surface area contributed by atoms with Crippen molar-refractivity contribution in [3.8, 4) is 16.9 Å². The molecule has 0 atom stereocenters. The molecule has 3 heterocycles. The van der Waals surface area contributed by atoms with Crippen molar-refractivity contribution in [3.63, 3.8) is 0 Å². The van der Waals surface area contributed by atoms with Crippen molar-refractivity contribution >= 4 is 17.7 Å². The summed E-state index contributed by atoms with van der Waals surface area (Å²) in [6.07, 6.45) is 4.23. The highest BCUT2D eigenvalue weighted by atomic mass is 16.4. The Kier molecular flexibility index (Phi) is 7.98. The standard InChI is InChI=1S/C27H31N5O5/c1-16-11-19(3-4-21(16)15-33)20-5-6-23(28-13-20)32-9-7-18(8-10-32)12-22-30-17(2)26(36)25(31-22)27(37)29-14-24(34)35/h3-6,11,13,18,33,36H,7-10,12,14-15H2,1-2H3,(H,29,37)(H,34,35). The highest BCUT2D eigenvalue weighted by Gasteiger charge is 2.24. The fraction of sp³-hybridized carbons (Fsp3) is 0.370. The number of aliphatic carboxylic acids is 1. The van der Waals surface area contributed by atoms with Crippen LogP contribution in [0.15, 0.2) is 36.5 Å². The number of pyridine rings is 1. The van der Waals surface area contributed by atoms with Gasteiger partial charge in [-0.3, -0.25) is 9.59 Å². The van der Waals surface area contributed by atoms with Crippen molar-refractivity contribution in [1.82, 2.24) is 20.3 Å². The van der Waals surface area contributed by atoms with Crippen LogP contribution in [0.3, 0.4) is 0 Å². The van der Waals surface area contributed by atoms with Gasteiger partial charge in [-0.25, -0.2) is 15.0 Å². The molecule has 1 amide bonds. The smallest absolute Gasteiger partial charge is 0.322 e. The lowest BCUT2D eigenvalue weighted by molar-refractivity contribution is -0.135. The van der Waals surface area contributed by atoms with Crippen molar-refractivity contribution in [1.29, 1.82) is 0 Å². The van der Waals surface area contributed by atoms with Gasteiger partial charge in [0.2, 0.25) is 0 Å². The lowest BCUT2D eigenvalue weighted by Crippen LogP contribution is -2.35. The van der Waals surface area contributed by atoms with Gasteiger partial charge in [0.05, 0.1) is 12.3 Å². The molecule has 0 bridgehead atoms. The van der Waals surface area contributed by atoms with E-state index in [4.69, 9.17) is 5.11 Å². The first-order valence-electron chi connectivity index (χ1n) is 12.2. The van der Waals surface area contributed by atoms with Gasteiger partial charge in [0.15, 0.2) is 11.4 Å². The van der Waals surface area contributed by atoms with Crippen molar-refractivity contribution < 1.29 is 24.9 Å². The number of aliphatic hydroxyl groups is 1. The van der Waals surface area contributed by atoms with E-state index in [1.807, 2.05) is 31.3 Å². The minimum Gasteiger partial charge on any atom is -0.504 e. The lowest BCUT2D eigenvalue weighted by Gasteiger charge is -2.32. The molecule has 37 heavy (non-hydrogen) atoms. The molecule has 10 nitrogen and oxygen atoms in total. The molecule has 1 aliphatic heterocycles. The van der Waals surface area contributed by atoms with Crippen molar-refractivity contribution in [2.24, 2.45) is 5.92 Å². The fourth-order valence-corrected chi connectivity index (χ4v) is 4.54. The van der Waals surface area contributed by atoms with Crippen LogP contribution in [0, 0.1) is 19.8 Å². The SMILES string of the molecule is Cc1cc(-c2ccc(N3CCC(Cc4nc(C)c(O)c(C(=O)NCC(=O)O)n4)CC3)nc2)ccc1CO. The normalized spacial score (nSPS) is 14.0. The second-order valence-corrected chi connectivity index (χ2v) is 9.34. The second kappa shape index (κ2) is 11.3.